The first kappa shape index (κ1) is 17.9. The van der Waals surface area contributed by atoms with Gasteiger partial charge in [-0.2, -0.15) is 0 Å². The summed E-state index contributed by atoms with van der Waals surface area (Å²) in [5.74, 6) is 0.545. The Morgan fingerprint density at radius 3 is 2.78 bits per heavy atom. The first-order chi connectivity index (χ1) is 13.3. The van der Waals surface area contributed by atoms with E-state index in [1.165, 1.54) is 50.2 Å². The van der Waals surface area contributed by atoms with Crippen LogP contribution < -0.4 is 0 Å². The van der Waals surface area contributed by atoms with Gasteiger partial charge in [0, 0.05) is 23.3 Å². The molecule has 0 unspecified atom stereocenters. The van der Waals surface area contributed by atoms with Crippen molar-refractivity contribution in [2.75, 3.05) is 7.11 Å². The molecule has 1 aliphatic rings. The third-order valence-electron chi connectivity index (χ3n) is 5.42. The molecule has 2 heterocycles. The number of benzene rings is 1. The normalized spacial score (nSPS) is 15.3. The van der Waals surface area contributed by atoms with Crippen LogP contribution in [0.2, 0.25) is 0 Å². The molecular formula is C22H25N3O2. The van der Waals surface area contributed by atoms with Crippen molar-refractivity contribution in [2.45, 2.75) is 44.6 Å². The van der Waals surface area contributed by atoms with E-state index in [1.54, 1.807) is 18.5 Å². The lowest BCUT2D eigenvalue weighted by Crippen LogP contribution is -2.06. The van der Waals surface area contributed by atoms with E-state index in [0.717, 1.165) is 28.2 Å². The number of rotatable bonds is 6. The highest BCUT2D eigenvalue weighted by Crippen LogP contribution is 2.42. The number of H-pyrrole nitrogens is 1. The van der Waals surface area contributed by atoms with Gasteiger partial charge in [0.15, 0.2) is 0 Å². The lowest BCUT2D eigenvalue weighted by molar-refractivity contribution is -0.282. The molecule has 140 valence electrons. The van der Waals surface area contributed by atoms with Gasteiger partial charge < -0.3 is 4.98 Å². The van der Waals surface area contributed by atoms with E-state index in [0.29, 0.717) is 12.5 Å². The summed E-state index contributed by atoms with van der Waals surface area (Å²) in [6.07, 6.45) is 11.6. The molecule has 2 aromatic heterocycles. The highest BCUT2D eigenvalue weighted by atomic mass is 17.2. The maximum absolute atomic E-state index is 5.09. The summed E-state index contributed by atoms with van der Waals surface area (Å²) in [7, 11) is 1.53. The predicted molar refractivity (Wildman–Crippen MR) is 107 cm³/mol. The molecule has 0 bridgehead atoms. The van der Waals surface area contributed by atoms with Gasteiger partial charge in [0.2, 0.25) is 0 Å². The number of aromatic nitrogens is 3. The lowest BCUT2D eigenvalue weighted by Gasteiger charge is -2.23. The SMILES string of the molecule is C=Cc1nccnc1-c1[nH]c2cc(COOC)ccc2c1C1CCCCC1. The summed E-state index contributed by atoms with van der Waals surface area (Å²) in [5.41, 5.74) is 6.29. The number of hydrogen-bond acceptors (Lipinski definition) is 4. The summed E-state index contributed by atoms with van der Waals surface area (Å²) < 4.78 is 0. The largest absolute Gasteiger partial charge is 0.353 e. The fourth-order valence-corrected chi connectivity index (χ4v) is 4.18. The monoisotopic (exact) mass is 363 g/mol. The molecule has 0 spiro atoms. The smallest absolute Gasteiger partial charge is 0.112 e. The maximum Gasteiger partial charge on any atom is 0.112 e. The van der Waals surface area contributed by atoms with E-state index < -0.39 is 0 Å². The van der Waals surface area contributed by atoms with Gasteiger partial charge >= 0.3 is 0 Å². The van der Waals surface area contributed by atoms with Crippen LogP contribution in [-0.2, 0) is 16.4 Å². The Hall–Kier alpha value is -2.50. The minimum absolute atomic E-state index is 0.419. The van der Waals surface area contributed by atoms with Crippen LogP contribution in [-0.4, -0.2) is 22.1 Å². The second kappa shape index (κ2) is 8.03. The molecule has 5 nitrogen and oxygen atoms in total. The minimum atomic E-state index is 0.419. The quantitative estimate of drug-likeness (QED) is 0.471. The molecule has 1 aliphatic carbocycles. The number of nitrogens with one attached hydrogen (secondary N) is 1. The molecule has 0 saturated heterocycles. The van der Waals surface area contributed by atoms with Crippen molar-refractivity contribution in [2.24, 2.45) is 0 Å². The summed E-state index contributed by atoms with van der Waals surface area (Å²) in [5, 5.41) is 1.26. The van der Waals surface area contributed by atoms with Crippen molar-refractivity contribution in [1.29, 1.82) is 0 Å². The van der Waals surface area contributed by atoms with Crippen LogP contribution in [0.25, 0.3) is 28.4 Å². The summed E-state index contributed by atoms with van der Waals surface area (Å²) in [6, 6.07) is 6.43. The van der Waals surface area contributed by atoms with E-state index in [4.69, 9.17) is 9.78 Å². The second-order valence-corrected chi connectivity index (χ2v) is 7.05. The first-order valence-electron chi connectivity index (χ1n) is 9.55. The lowest BCUT2D eigenvalue weighted by atomic mass is 9.82. The van der Waals surface area contributed by atoms with Crippen molar-refractivity contribution >= 4 is 17.0 Å². The molecule has 0 amide bonds. The third kappa shape index (κ3) is 3.53. The van der Waals surface area contributed by atoms with Crippen molar-refractivity contribution < 1.29 is 9.78 Å². The average molecular weight is 363 g/mol. The number of hydrogen-bond donors (Lipinski definition) is 1. The van der Waals surface area contributed by atoms with Gasteiger partial charge in [-0.15, -0.1) is 0 Å². The number of fused-ring (bicyclic) bond motifs is 1. The minimum Gasteiger partial charge on any atom is -0.353 e. The Kier molecular flexibility index (Phi) is 5.32. The Morgan fingerprint density at radius 1 is 1.19 bits per heavy atom. The van der Waals surface area contributed by atoms with Gasteiger partial charge in [0.1, 0.15) is 12.3 Å². The molecule has 5 heteroatoms. The molecule has 0 atom stereocenters. The van der Waals surface area contributed by atoms with Gasteiger partial charge in [-0.25, -0.2) is 9.78 Å². The number of nitrogens with zero attached hydrogens (tertiary/aromatic N) is 2. The van der Waals surface area contributed by atoms with Crippen molar-refractivity contribution in [3.05, 3.63) is 54.0 Å². The predicted octanol–water partition coefficient (Wildman–Crippen LogP) is 5.39. The molecule has 3 aromatic rings. The molecule has 0 aliphatic heterocycles. The van der Waals surface area contributed by atoms with E-state index >= 15 is 0 Å². The van der Waals surface area contributed by atoms with Gasteiger partial charge in [-0.05, 0) is 42.0 Å². The van der Waals surface area contributed by atoms with Crippen LogP contribution in [0.1, 0.15) is 54.8 Å². The molecule has 1 N–H and O–H groups in total. The van der Waals surface area contributed by atoms with E-state index in [-0.39, 0.29) is 0 Å². The maximum atomic E-state index is 5.09. The first-order valence-corrected chi connectivity index (χ1v) is 9.55. The topological polar surface area (TPSA) is 60.0 Å². The van der Waals surface area contributed by atoms with Crippen LogP contribution in [0, 0.1) is 0 Å². The molecule has 1 saturated carbocycles. The molecular weight excluding hydrogens is 338 g/mol. The average Bonchev–Trinajstić information content (AvgIpc) is 3.11. The Labute approximate surface area is 159 Å². The van der Waals surface area contributed by atoms with Crippen molar-refractivity contribution in [3.63, 3.8) is 0 Å². The Balaban J connectivity index is 1.88. The van der Waals surface area contributed by atoms with Gasteiger partial charge in [-0.1, -0.05) is 38.0 Å². The zero-order valence-corrected chi connectivity index (χ0v) is 15.7. The standard InChI is InChI=1S/C22H25N3O2/c1-3-18-21(24-12-11-23-18)22-20(16-7-5-4-6-8-16)17-10-9-15(14-27-26-2)13-19(17)25-22/h3,9-13,16,25H,1,4-8,14H2,2H3. The number of aromatic amines is 1. The van der Waals surface area contributed by atoms with E-state index in [1.807, 2.05) is 0 Å². The van der Waals surface area contributed by atoms with Crippen molar-refractivity contribution in [3.8, 4) is 11.4 Å². The summed E-state index contributed by atoms with van der Waals surface area (Å²) in [4.78, 5) is 22.5. The molecule has 1 aromatic carbocycles. The van der Waals surface area contributed by atoms with Crippen LogP contribution in [0.15, 0.2) is 37.2 Å². The van der Waals surface area contributed by atoms with Gasteiger partial charge in [0.25, 0.3) is 0 Å². The second-order valence-electron chi connectivity index (χ2n) is 7.05. The fraction of sp³-hybridized carbons (Fsp3) is 0.364. The summed E-state index contributed by atoms with van der Waals surface area (Å²) in [6.45, 7) is 4.33. The van der Waals surface area contributed by atoms with Crippen LogP contribution in [0.4, 0.5) is 0 Å². The van der Waals surface area contributed by atoms with Crippen LogP contribution in [0.5, 0.6) is 0 Å². The zero-order valence-electron chi connectivity index (χ0n) is 15.7. The molecule has 27 heavy (non-hydrogen) atoms. The molecule has 4 rings (SSSR count). The van der Waals surface area contributed by atoms with E-state index in [9.17, 15) is 0 Å². The fourth-order valence-electron chi connectivity index (χ4n) is 4.18. The third-order valence-corrected chi connectivity index (χ3v) is 5.42. The Morgan fingerprint density at radius 2 is 2.00 bits per heavy atom. The van der Waals surface area contributed by atoms with Crippen LogP contribution in [0.3, 0.4) is 0 Å². The highest BCUT2D eigenvalue weighted by molar-refractivity contribution is 5.92. The van der Waals surface area contributed by atoms with Crippen LogP contribution >= 0.6 is 0 Å². The molecule has 0 radical (unpaired) electrons. The highest BCUT2D eigenvalue weighted by Gasteiger charge is 2.25. The van der Waals surface area contributed by atoms with Crippen molar-refractivity contribution in [1.82, 2.24) is 15.0 Å². The zero-order chi connectivity index (χ0) is 18.6. The molecule has 1 fully saturated rings. The van der Waals surface area contributed by atoms with E-state index in [2.05, 4.69) is 39.7 Å². The van der Waals surface area contributed by atoms with Gasteiger partial charge in [0.05, 0.1) is 18.5 Å². The summed E-state index contributed by atoms with van der Waals surface area (Å²) >= 11 is 0. The Bertz CT molecular complexity index is 942. The van der Waals surface area contributed by atoms with Gasteiger partial charge in [-0.3, -0.25) is 9.97 Å².